The Kier molecular flexibility index (Phi) is 6.75. The minimum absolute atomic E-state index is 0.00481. The summed E-state index contributed by atoms with van der Waals surface area (Å²) in [5.41, 5.74) is 0.967. The molecule has 2 bridgehead atoms. The molecule has 3 atom stereocenters. The molecule has 4 amide bonds. The van der Waals surface area contributed by atoms with Crippen LogP contribution in [0.4, 0.5) is 4.79 Å². The Morgan fingerprint density at radius 1 is 0.900 bits per heavy atom. The smallest absolute Gasteiger partial charge is 0.331 e. The van der Waals surface area contributed by atoms with E-state index in [2.05, 4.69) is 10.2 Å². The van der Waals surface area contributed by atoms with E-state index >= 15 is 0 Å². The number of carbonyl (C=O) groups is 3. The van der Waals surface area contributed by atoms with Crippen LogP contribution in [0.3, 0.4) is 0 Å². The summed E-state index contributed by atoms with van der Waals surface area (Å²) in [6.07, 6.45) is 1.04. The lowest BCUT2D eigenvalue weighted by molar-refractivity contribution is -0.154. The standard InChI is InChI=1S/C31H32N4O5/c1-40-26-12-6-5-10-23(26)15-31(28(37)32-30(39)35(29(31)38)17-21-8-3-2-4-9-21)20-33-16-22-14-24(19-33)25-11-7-13-27(36)34(25)18-22/h2-13,22,24H,14-20H2,1H3,(H,32,37,39)/t22-,24-,31+/m0/s1. The second kappa shape index (κ2) is 10.4. The Labute approximate surface area is 232 Å². The van der Waals surface area contributed by atoms with Crippen LogP contribution in [0, 0.1) is 11.3 Å². The number of carbonyl (C=O) groups excluding carboxylic acids is 3. The molecule has 2 saturated heterocycles. The molecule has 4 heterocycles. The molecule has 2 fully saturated rings. The number of pyridine rings is 1. The SMILES string of the molecule is COc1ccccc1C[C@@]1(CN2C[C@@H]3C[C@@H](C2)c2cccc(=O)n2C3)C(=O)NC(=O)N(Cc2ccccc2)C1=O. The molecule has 9 nitrogen and oxygen atoms in total. The van der Waals surface area contributed by atoms with Gasteiger partial charge in [0.25, 0.3) is 5.56 Å². The average molecular weight is 541 g/mol. The van der Waals surface area contributed by atoms with Gasteiger partial charge >= 0.3 is 6.03 Å². The first-order valence-electron chi connectivity index (χ1n) is 13.6. The van der Waals surface area contributed by atoms with Gasteiger partial charge in [-0.1, -0.05) is 54.6 Å². The Morgan fingerprint density at radius 2 is 1.68 bits per heavy atom. The summed E-state index contributed by atoms with van der Waals surface area (Å²) in [6, 6.07) is 21.3. The molecule has 3 aliphatic rings. The molecule has 3 aromatic rings. The van der Waals surface area contributed by atoms with Crippen LogP contribution < -0.4 is 15.6 Å². The van der Waals surface area contributed by atoms with E-state index in [9.17, 15) is 19.2 Å². The zero-order valence-corrected chi connectivity index (χ0v) is 22.4. The maximum Gasteiger partial charge on any atom is 0.331 e. The van der Waals surface area contributed by atoms with Crippen molar-refractivity contribution in [2.75, 3.05) is 26.7 Å². The number of hydrogen-bond donors (Lipinski definition) is 1. The molecule has 6 rings (SSSR count). The van der Waals surface area contributed by atoms with Crippen LogP contribution in [0.2, 0.25) is 0 Å². The number of fused-ring (bicyclic) bond motifs is 4. The van der Waals surface area contributed by atoms with Gasteiger partial charge in [-0.25, -0.2) is 4.79 Å². The molecule has 1 aromatic heterocycles. The van der Waals surface area contributed by atoms with Gasteiger partial charge in [0, 0.05) is 50.3 Å². The van der Waals surface area contributed by atoms with E-state index < -0.39 is 23.3 Å². The molecule has 0 radical (unpaired) electrons. The van der Waals surface area contributed by atoms with Crippen molar-refractivity contribution >= 4 is 17.8 Å². The monoisotopic (exact) mass is 540 g/mol. The summed E-state index contributed by atoms with van der Waals surface area (Å²) in [4.78, 5) is 57.0. The lowest BCUT2D eigenvalue weighted by atomic mass is 9.75. The second-order valence-electron chi connectivity index (χ2n) is 11.1. The molecular formula is C31H32N4O5. The van der Waals surface area contributed by atoms with Crippen molar-refractivity contribution in [3.63, 3.8) is 0 Å². The van der Waals surface area contributed by atoms with Crippen LogP contribution in [-0.2, 0) is 29.1 Å². The van der Waals surface area contributed by atoms with Crippen LogP contribution in [0.25, 0.3) is 0 Å². The van der Waals surface area contributed by atoms with Crippen molar-refractivity contribution in [3.05, 3.63) is 100.0 Å². The van der Waals surface area contributed by atoms with E-state index in [4.69, 9.17) is 4.74 Å². The molecule has 0 spiro atoms. The van der Waals surface area contributed by atoms with Crippen LogP contribution in [0.1, 0.15) is 29.2 Å². The zero-order valence-electron chi connectivity index (χ0n) is 22.4. The minimum Gasteiger partial charge on any atom is -0.496 e. The number of rotatable bonds is 7. The first-order valence-corrected chi connectivity index (χ1v) is 13.6. The maximum absolute atomic E-state index is 14.4. The predicted molar refractivity (Wildman–Crippen MR) is 148 cm³/mol. The number of barbiturate groups is 1. The third-order valence-corrected chi connectivity index (χ3v) is 8.47. The molecule has 0 saturated carbocycles. The van der Waals surface area contributed by atoms with Crippen molar-refractivity contribution in [3.8, 4) is 5.75 Å². The van der Waals surface area contributed by atoms with E-state index in [1.807, 2.05) is 59.2 Å². The molecule has 2 aromatic carbocycles. The van der Waals surface area contributed by atoms with Gasteiger partial charge in [-0.3, -0.25) is 24.6 Å². The third-order valence-electron chi connectivity index (χ3n) is 8.47. The number of piperidine rings is 1. The minimum atomic E-state index is -1.54. The van der Waals surface area contributed by atoms with Gasteiger partial charge in [0.1, 0.15) is 11.2 Å². The lowest BCUT2D eigenvalue weighted by Crippen LogP contribution is -2.67. The first-order chi connectivity index (χ1) is 19.4. The van der Waals surface area contributed by atoms with Crippen molar-refractivity contribution in [2.24, 2.45) is 11.3 Å². The predicted octanol–water partition coefficient (Wildman–Crippen LogP) is 2.78. The zero-order chi connectivity index (χ0) is 27.9. The molecule has 206 valence electrons. The highest BCUT2D eigenvalue weighted by Gasteiger charge is 2.55. The molecule has 40 heavy (non-hydrogen) atoms. The number of imide groups is 2. The fraction of sp³-hybridized carbons (Fsp3) is 0.355. The quantitative estimate of drug-likeness (QED) is 0.463. The summed E-state index contributed by atoms with van der Waals surface area (Å²) >= 11 is 0. The molecule has 0 aliphatic carbocycles. The largest absolute Gasteiger partial charge is 0.496 e. The highest BCUT2D eigenvalue weighted by molar-refractivity contribution is 6.19. The van der Waals surface area contributed by atoms with Crippen molar-refractivity contribution in [2.45, 2.75) is 31.8 Å². The normalized spacial score (nSPS) is 24.4. The summed E-state index contributed by atoms with van der Waals surface area (Å²) in [7, 11) is 1.56. The molecule has 1 N–H and O–H groups in total. The van der Waals surface area contributed by atoms with Gasteiger partial charge in [0.15, 0.2) is 0 Å². The van der Waals surface area contributed by atoms with Gasteiger partial charge in [0.05, 0.1) is 13.7 Å². The number of hydrogen-bond acceptors (Lipinski definition) is 6. The van der Waals surface area contributed by atoms with Crippen LogP contribution in [0.15, 0.2) is 77.6 Å². The fourth-order valence-corrected chi connectivity index (χ4v) is 6.67. The second-order valence-corrected chi connectivity index (χ2v) is 11.1. The number of benzene rings is 2. The van der Waals surface area contributed by atoms with Crippen LogP contribution in [0.5, 0.6) is 5.75 Å². The number of methoxy groups -OCH3 is 1. The number of ether oxygens (including phenoxy) is 1. The Hall–Kier alpha value is -4.24. The van der Waals surface area contributed by atoms with E-state index in [-0.39, 0.29) is 36.9 Å². The topological polar surface area (TPSA) is 101 Å². The highest BCUT2D eigenvalue weighted by Crippen LogP contribution is 2.39. The summed E-state index contributed by atoms with van der Waals surface area (Å²) in [5.74, 6) is -0.182. The van der Waals surface area contributed by atoms with Crippen LogP contribution in [-0.4, -0.2) is 59.0 Å². The molecule has 0 unspecified atom stereocenters. The van der Waals surface area contributed by atoms with Gasteiger partial charge < -0.3 is 14.2 Å². The van der Waals surface area contributed by atoms with E-state index in [0.717, 1.165) is 28.1 Å². The molecule has 9 heteroatoms. The highest BCUT2D eigenvalue weighted by atomic mass is 16.5. The summed E-state index contributed by atoms with van der Waals surface area (Å²) < 4.78 is 7.44. The Morgan fingerprint density at radius 3 is 2.48 bits per heavy atom. The number of likely N-dealkylation sites (tertiary alicyclic amines) is 1. The number of nitrogens with zero attached hydrogens (tertiary/aromatic N) is 3. The number of urea groups is 1. The molecular weight excluding hydrogens is 508 g/mol. The number of nitrogens with one attached hydrogen (secondary N) is 1. The number of aromatic nitrogens is 1. The lowest BCUT2D eigenvalue weighted by Gasteiger charge is -2.47. The van der Waals surface area contributed by atoms with Crippen molar-refractivity contribution in [1.82, 2.24) is 19.7 Å². The summed E-state index contributed by atoms with van der Waals surface area (Å²) in [6.45, 7) is 2.09. The summed E-state index contributed by atoms with van der Waals surface area (Å²) in [5, 5.41) is 2.51. The first kappa shape index (κ1) is 26.0. The van der Waals surface area contributed by atoms with E-state index in [0.29, 0.717) is 25.4 Å². The Balaban J connectivity index is 1.37. The van der Waals surface area contributed by atoms with E-state index in [1.54, 1.807) is 25.3 Å². The van der Waals surface area contributed by atoms with E-state index in [1.165, 1.54) is 0 Å². The maximum atomic E-state index is 14.4. The fourth-order valence-electron chi connectivity index (χ4n) is 6.67. The Bertz CT molecular complexity index is 1520. The average Bonchev–Trinajstić information content (AvgIpc) is 2.95. The van der Waals surface area contributed by atoms with Crippen LogP contribution >= 0.6 is 0 Å². The number of amides is 4. The van der Waals surface area contributed by atoms with Crippen molar-refractivity contribution in [1.29, 1.82) is 0 Å². The van der Waals surface area contributed by atoms with Gasteiger partial charge in [-0.15, -0.1) is 0 Å². The van der Waals surface area contributed by atoms with Gasteiger partial charge in [-0.2, -0.15) is 0 Å². The van der Waals surface area contributed by atoms with Gasteiger partial charge in [0.2, 0.25) is 11.8 Å². The number of para-hydroxylation sites is 1. The molecule has 3 aliphatic heterocycles. The third kappa shape index (κ3) is 4.60. The van der Waals surface area contributed by atoms with Crippen molar-refractivity contribution < 1.29 is 19.1 Å². The van der Waals surface area contributed by atoms with Gasteiger partial charge in [-0.05, 0) is 35.6 Å².